The van der Waals surface area contributed by atoms with E-state index >= 15 is 8.78 Å². The third kappa shape index (κ3) is 6.25. The summed E-state index contributed by atoms with van der Waals surface area (Å²) < 4.78 is 97.7. The van der Waals surface area contributed by atoms with E-state index in [1.807, 2.05) is 0 Å². The van der Waals surface area contributed by atoms with Crippen molar-refractivity contribution in [3.63, 3.8) is 0 Å². The number of carbonyl (C=O) groups excluding carboxylic acids is 2. The number of ether oxygens (including phenoxy) is 1. The molecule has 4 rings (SSSR count). The molecular weight excluding hydrogens is 563 g/mol. The first-order valence-electron chi connectivity index (χ1n) is 11.7. The Labute approximate surface area is 224 Å². The van der Waals surface area contributed by atoms with Gasteiger partial charge in [0.15, 0.2) is 11.6 Å². The van der Waals surface area contributed by atoms with Gasteiger partial charge in [-0.1, -0.05) is 24.3 Å². The molecule has 0 bridgehead atoms. The Morgan fingerprint density at radius 1 is 1.00 bits per heavy atom. The first kappa shape index (κ1) is 29.0. The zero-order valence-electron chi connectivity index (χ0n) is 21.0. The summed E-state index contributed by atoms with van der Waals surface area (Å²) in [6, 6.07) is 8.63. The second-order valence-corrected chi connectivity index (χ2v) is 12.4. The topological polar surface area (TPSA) is 87.7 Å². The minimum Gasteiger partial charge on any atom is -0.406 e. The van der Waals surface area contributed by atoms with Crippen LogP contribution in [0.1, 0.15) is 6.42 Å². The molecule has 1 saturated heterocycles. The van der Waals surface area contributed by atoms with Gasteiger partial charge in [-0.15, -0.1) is 13.2 Å². The van der Waals surface area contributed by atoms with Crippen molar-refractivity contribution in [2.75, 3.05) is 30.1 Å². The molecule has 2 N–H and O–H groups in total. The lowest BCUT2D eigenvalue weighted by molar-refractivity contribution is -0.274. The lowest BCUT2D eigenvalue weighted by Crippen LogP contribution is -2.43. The van der Waals surface area contributed by atoms with Gasteiger partial charge < -0.3 is 24.8 Å². The molecule has 3 aromatic carbocycles. The van der Waals surface area contributed by atoms with Gasteiger partial charge in [0.25, 0.3) is 0 Å². The molecule has 1 heterocycles. The third-order valence-corrected chi connectivity index (χ3v) is 7.61. The number of anilines is 2. The molecule has 0 aromatic heterocycles. The summed E-state index contributed by atoms with van der Waals surface area (Å²) in [6.45, 7) is 2.94. The number of carbonyl (C=O) groups is 2. The van der Waals surface area contributed by atoms with Crippen LogP contribution in [0.2, 0.25) is 0 Å². The van der Waals surface area contributed by atoms with E-state index in [0.717, 1.165) is 17.0 Å². The molecule has 1 atom stereocenters. The average Bonchev–Trinajstić information content (AvgIpc) is 3.20. The highest BCUT2D eigenvalue weighted by molar-refractivity contribution is 7.70. The van der Waals surface area contributed by atoms with E-state index in [1.54, 1.807) is 18.2 Å². The quantitative estimate of drug-likeness (QED) is 0.281. The maximum Gasteiger partial charge on any atom is 0.573 e. The number of hydrogen-bond donors (Lipinski definition) is 2. The Balaban J connectivity index is 1.47. The van der Waals surface area contributed by atoms with Gasteiger partial charge >= 0.3 is 12.4 Å². The smallest absolute Gasteiger partial charge is 0.406 e. The summed E-state index contributed by atoms with van der Waals surface area (Å²) in [5.74, 6) is -5.37. The molecule has 40 heavy (non-hydrogen) atoms. The van der Waals surface area contributed by atoms with Gasteiger partial charge in [0, 0.05) is 23.5 Å². The molecule has 0 aliphatic carbocycles. The highest BCUT2D eigenvalue weighted by Gasteiger charge is 2.36. The van der Waals surface area contributed by atoms with Gasteiger partial charge in [0.05, 0.1) is 11.4 Å². The van der Waals surface area contributed by atoms with E-state index in [2.05, 4.69) is 15.4 Å². The molecule has 0 unspecified atom stereocenters. The lowest BCUT2D eigenvalue weighted by atomic mass is 10.0. The number of halogens is 6. The molecule has 1 aliphatic rings. The summed E-state index contributed by atoms with van der Waals surface area (Å²) >= 11 is 0. The third-order valence-electron chi connectivity index (χ3n) is 6.06. The SMILES string of the molecule is CP(C)(=O)c1ccccc1-c1ccc(N2CC[C@@H](NC(=O)Nc3ccc(OC(F)(F)F)cc3F)C2=O)c(F)c1F. The predicted molar refractivity (Wildman–Crippen MR) is 137 cm³/mol. The van der Waals surface area contributed by atoms with Crippen molar-refractivity contribution in [1.82, 2.24) is 5.32 Å². The zero-order chi connectivity index (χ0) is 29.4. The van der Waals surface area contributed by atoms with Crippen molar-refractivity contribution in [2.24, 2.45) is 0 Å². The van der Waals surface area contributed by atoms with Crippen LogP contribution in [0.5, 0.6) is 5.75 Å². The monoisotopic (exact) mass is 585 g/mol. The minimum absolute atomic E-state index is 0.00753. The number of nitrogens with zero attached hydrogens (tertiary/aromatic N) is 1. The molecule has 0 spiro atoms. The standard InChI is InChI=1S/C26H22F6N3O4P/c1-40(2,38)21-6-4-3-5-15(21)16-8-10-20(23(29)22(16)28)35-12-11-19(24(35)36)34-25(37)33-18-9-7-14(13-17(18)27)39-26(30,31)32/h3-10,13,19H,11-12H2,1-2H3,(H2,33,34,37)/t19-/m1/s1. The fourth-order valence-electron chi connectivity index (χ4n) is 4.29. The van der Waals surface area contributed by atoms with Crippen molar-refractivity contribution in [3.05, 3.63) is 72.0 Å². The van der Waals surface area contributed by atoms with Gasteiger partial charge in [-0.2, -0.15) is 0 Å². The van der Waals surface area contributed by atoms with Gasteiger partial charge in [0.2, 0.25) is 5.91 Å². The fraction of sp³-hybridized carbons (Fsp3) is 0.231. The Bertz CT molecular complexity index is 1520. The van der Waals surface area contributed by atoms with Crippen LogP contribution < -0.4 is 25.6 Å². The second kappa shape index (κ2) is 10.9. The predicted octanol–water partition coefficient (Wildman–Crippen LogP) is 5.84. The van der Waals surface area contributed by atoms with Crippen LogP contribution in [0.3, 0.4) is 0 Å². The molecule has 7 nitrogen and oxygen atoms in total. The first-order chi connectivity index (χ1) is 18.7. The molecule has 1 aliphatic heterocycles. The normalized spacial score (nSPS) is 15.8. The van der Waals surface area contributed by atoms with E-state index < -0.39 is 60.4 Å². The maximum atomic E-state index is 15.2. The highest BCUT2D eigenvalue weighted by atomic mass is 31.2. The van der Waals surface area contributed by atoms with Crippen LogP contribution in [-0.4, -0.2) is 44.2 Å². The van der Waals surface area contributed by atoms with Crippen LogP contribution in [-0.2, 0) is 9.36 Å². The first-order valence-corrected chi connectivity index (χ1v) is 14.3. The van der Waals surface area contributed by atoms with E-state index in [-0.39, 0.29) is 29.8 Å². The summed E-state index contributed by atoms with van der Waals surface area (Å²) in [6.07, 6.45) is -5.02. The number of benzene rings is 3. The van der Waals surface area contributed by atoms with Crippen LogP contribution in [0.25, 0.3) is 11.1 Å². The van der Waals surface area contributed by atoms with E-state index in [1.165, 1.54) is 31.5 Å². The van der Waals surface area contributed by atoms with E-state index in [9.17, 15) is 31.7 Å². The zero-order valence-corrected chi connectivity index (χ0v) is 21.9. The average molecular weight is 585 g/mol. The van der Waals surface area contributed by atoms with Crippen molar-refractivity contribution in [1.29, 1.82) is 0 Å². The Morgan fingerprint density at radius 2 is 1.70 bits per heavy atom. The van der Waals surface area contributed by atoms with Crippen molar-refractivity contribution in [2.45, 2.75) is 18.8 Å². The Kier molecular flexibility index (Phi) is 7.89. The van der Waals surface area contributed by atoms with Gasteiger partial charge in [-0.05, 0) is 49.6 Å². The number of hydrogen-bond acceptors (Lipinski definition) is 4. The molecule has 0 saturated carbocycles. The number of nitrogens with one attached hydrogen (secondary N) is 2. The number of urea groups is 1. The molecule has 3 amide bonds. The molecule has 1 fully saturated rings. The van der Waals surface area contributed by atoms with Gasteiger partial charge in [0.1, 0.15) is 24.8 Å². The summed E-state index contributed by atoms with van der Waals surface area (Å²) in [7, 11) is -2.83. The minimum atomic E-state index is -5.03. The Hall–Kier alpha value is -3.99. The highest BCUT2D eigenvalue weighted by Crippen LogP contribution is 2.40. The number of amides is 3. The van der Waals surface area contributed by atoms with E-state index in [0.29, 0.717) is 11.4 Å². The summed E-state index contributed by atoms with van der Waals surface area (Å²) in [5.41, 5.74) is -0.721. The fourth-order valence-corrected chi connectivity index (χ4v) is 5.51. The molecule has 0 radical (unpaired) electrons. The van der Waals surface area contributed by atoms with Crippen LogP contribution in [0.4, 0.5) is 42.5 Å². The lowest BCUT2D eigenvalue weighted by Gasteiger charge is -2.20. The second-order valence-electron chi connectivity index (χ2n) is 9.25. The Morgan fingerprint density at radius 3 is 2.35 bits per heavy atom. The van der Waals surface area contributed by atoms with Crippen molar-refractivity contribution >= 4 is 35.8 Å². The molecular formula is C26H22F6N3O4P. The van der Waals surface area contributed by atoms with Crippen LogP contribution in [0.15, 0.2) is 54.6 Å². The number of rotatable bonds is 6. The van der Waals surface area contributed by atoms with Crippen LogP contribution in [0, 0.1) is 17.5 Å². The molecule has 212 valence electrons. The van der Waals surface area contributed by atoms with E-state index in [4.69, 9.17) is 0 Å². The van der Waals surface area contributed by atoms with Gasteiger partial charge in [-0.3, -0.25) is 4.79 Å². The van der Waals surface area contributed by atoms with Crippen LogP contribution >= 0.6 is 7.14 Å². The molecule has 14 heteroatoms. The van der Waals surface area contributed by atoms with Gasteiger partial charge in [-0.25, -0.2) is 18.0 Å². The maximum absolute atomic E-state index is 15.2. The largest absolute Gasteiger partial charge is 0.573 e. The summed E-state index contributed by atoms with van der Waals surface area (Å²) in [5, 5.41) is 4.73. The molecule has 3 aromatic rings. The summed E-state index contributed by atoms with van der Waals surface area (Å²) in [4.78, 5) is 26.2. The van der Waals surface area contributed by atoms with Crippen molar-refractivity contribution < 1.29 is 45.2 Å². The number of alkyl halides is 3. The van der Waals surface area contributed by atoms with Crippen molar-refractivity contribution in [3.8, 4) is 16.9 Å².